The minimum absolute atomic E-state index is 0.0384. The number of benzene rings is 2. The van der Waals surface area contributed by atoms with Crippen LogP contribution >= 0.6 is 0 Å². The molecule has 1 aromatic heterocycles. The lowest BCUT2D eigenvalue weighted by molar-refractivity contribution is -0.125. The number of carboxylic acid groups (broad SMARTS) is 1. The van der Waals surface area contributed by atoms with E-state index in [4.69, 9.17) is 9.52 Å². The second-order valence-electron chi connectivity index (χ2n) is 7.48. The molecule has 1 aliphatic rings. The van der Waals surface area contributed by atoms with Gasteiger partial charge in [-0.1, -0.05) is 24.3 Å². The van der Waals surface area contributed by atoms with Gasteiger partial charge < -0.3 is 14.8 Å². The van der Waals surface area contributed by atoms with Gasteiger partial charge in [0, 0.05) is 11.3 Å². The van der Waals surface area contributed by atoms with Crippen molar-refractivity contribution >= 4 is 35.2 Å². The highest BCUT2D eigenvalue weighted by Gasteiger charge is 2.34. The number of carboxylic acids is 1. The molecular weight excluding hydrogens is 426 g/mol. The Labute approximate surface area is 188 Å². The summed E-state index contributed by atoms with van der Waals surface area (Å²) in [6.07, 6.45) is -0.0425. The molecule has 4 amide bonds. The third-order valence-corrected chi connectivity index (χ3v) is 4.95. The van der Waals surface area contributed by atoms with Crippen LogP contribution < -0.4 is 5.32 Å². The first-order chi connectivity index (χ1) is 15.8. The number of anilines is 1. The molecule has 0 aliphatic carbocycles. The number of hydrogen-bond donors (Lipinski definition) is 2. The number of amides is 4. The van der Waals surface area contributed by atoms with Crippen molar-refractivity contribution in [1.82, 2.24) is 4.90 Å². The van der Waals surface area contributed by atoms with Crippen LogP contribution in [0.1, 0.15) is 21.7 Å². The van der Waals surface area contributed by atoms with Gasteiger partial charge in [0.25, 0.3) is 5.91 Å². The molecule has 0 unspecified atom stereocenters. The molecule has 0 atom stereocenters. The number of rotatable bonds is 7. The van der Waals surface area contributed by atoms with E-state index in [-0.39, 0.29) is 17.7 Å². The fraction of sp³-hybridized carbons (Fsp3) is 0.125. The summed E-state index contributed by atoms with van der Waals surface area (Å²) in [6.45, 7) is 1.43. The lowest BCUT2D eigenvalue weighted by atomic mass is 10.1. The van der Waals surface area contributed by atoms with Gasteiger partial charge >= 0.3 is 12.0 Å². The molecule has 9 nitrogen and oxygen atoms in total. The van der Waals surface area contributed by atoms with Crippen molar-refractivity contribution in [3.63, 3.8) is 0 Å². The molecule has 0 saturated carbocycles. The number of carbonyl (C=O) groups excluding carboxylic acids is 3. The van der Waals surface area contributed by atoms with Crippen LogP contribution in [0.15, 0.2) is 70.1 Å². The van der Waals surface area contributed by atoms with Crippen LogP contribution in [-0.4, -0.2) is 46.1 Å². The number of imide groups is 1. The SMILES string of the molecule is Cc1cccc(NC(=O)CN2C(=O)N=C(Cc3ccc(-c4cccc(C(=O)O)c4)o3)C2=O)c1. The van der Waals surface area contributed by atoms with Crippen LogP contribution in [0.5, 0.6) is 0 Å². The molecule has 0 bridgehead atoms. The molecule has 0 radical (unpaired) electrons. The predicted molar refractivity (Wildman–Crippen MR) is 119 cm³/mol. The zero-order valence-corrected chi connectivity index (χ0v) is 17.6. The molecule has 1 aliphatic heterocycles. The van der Waals surface area contributed by atoms with E-state index in [0.29, 0.717) is 22.8 Å². The van der Waals surface area contributed by atoms with Gasteiger partial charge in [-0.15, -0.1) is 0 Å². The molecule has 9 heteroatoms. The Kier molecular flexibility index (Phi) is 5.86. The van der Waals surface area contributed by atoms with Crippen molar-refractivity contribution in [2.24, 2.45) is 4.99 Å². The Morgan fingerprint density at radius 3 is 2.61 bits per heavy atom. The average molecular weight is 445 g/mol. The standard InChI is InChI=1S/C24H19N3O6/c1-14-4-2-7-17(10-14)25-21(28)13-27-22(29)19(26-24(27)32)12-18-8-9-20(33-18)15-5-3-6-16(11-15)23(30)31/h2-11H,12-13H2,1H3,(H,25,28)(H,30,31). The van der Waals surface area contributed by atoms with Crippen LogP contribution in [0.25, 0.3) is 11.3 Å². The van der Waals surface area contributed by atoms with Gasteiger partial charge in [0.2, 0.25) is 5.91 Å². The number of aryl methyl sites for hydroxylation is 1. The van der Waals surface area contributed by atoms with Crippen LogP contribution in [0.4, 0.5) is 10.5 Å². The highest BCUT2D eigenvalue weighted by atomic mass is 16.4. The van der Waals surface area contributed by atoms with Gasteiger partial charge in [0.1, 0.15) is 23.8 Å². The summed E-state index contributed by atoms with van der Waals surface area (Å²) in [4.78, 5) is 52.9. The largest absolute Gasteiger partial charge is 0.478 e. The van der Waals surface area contributed by atoms with E-state index in [0.717, 1.165) is 10.5 Å². The summed E-state index contributed by atoms with van der Waals surface area (Å²) in [5.41, 5.74) is 2.16. The smallest absolute Gasteiger partial charge is 0.351 e. The fourth-order valence-electron chi connectivity index (χ4n) is 3.39. The van der Waals surface area contributed by atoms with E-state index in [2.05, 4.69) is 10.3 Å². The summed E-state index contributed by atoms with van der Waals surface area (Å²) in [5, 5.41) is 11.8. The number of nitrogens with zero attached hydrogens (tertiary/aromatic N) is 2. The van der Waals surface area contributed by atoms with Crippen LogP contribution in [0, 0.1) is 6.92 Å². The number of aliphatic imine (C=N–C) groups is 1. The Bertz CT molecular complexity index is 1310. The predicted octanol–water partition coefficient (Wildman–Crippen LogP) is 3.54. The van der Waals surface area contributed by atoms with E-state index in [9.17, 15) is 19.2 Å². The summed E-state index contributed by atoms with van der Waals surface area (Å²) in [7, 11) is 0. The molecule has 0 saturated heterocycles. The Morgan fingerprint density at radius 1 is 1.06 bits per heavy atom. The van der Waals surface area contributed by atoms with Crippen molar-refractivity contribution in [3.8, 4) is 11.3 Å². The monoisotopic (exact) mass is 445 g/mol. The molecular formula is C24H19N3O6. The van der Waals surface area contributed by atoms with Crippen LogP contribution in [0.2, 0.25) is 0 Å². The minimum atomic E-state index is -1.06. The first-order valence-electron chi connectivity index (χ1n) is 10.0. The lowest BCUT2D eigenvalue weighted by Crippen LogP contribution is -2.39. The van der Waals surface area contributed by atoms with Crippen LogP contribution in [0.3, 0.4) is 0 Å². The summed E-state index contributed by atoms with van der Waals surface area (Å²) in [5.74, 6) is -1.45. The molecule has 33 heavy (non-hydrogen) atoms. The van der Waals surface area contributed by atoms with Crippen molar-refractivity contribution < 1.29 is 28.7 Å². The van der Waals surface area contributed by atoms with E-state index in [1.54, 1.807) is 42.5 Å². The highest BCUT2D eigenvalue weighted by molar-refractivity contribution is 6.46. The Morgan fingerprint density at radius 2 is 1.85 bits per heavy atom. The van der Waals surface area contributed by atoms with Crippen molar-refractivity contribution in [3.05, 3.63) is 77.6 Å². The fourth-order valence-corrected chi connectivity index (χ4v) is 3.39. The Balaban J connectivity index is 1.41. The highest BCUT2D eigenvalue weighted by Crippen LogP contribution is 2.24. The zero-order chi connectivity index (χ0) is 23.5. The van der Waals surface area contributed by atoms with E-state index in [1.165, 1.54) is 12.1 Å². The molecule has 4 rings (SSSR count). The zero-order valence-electron chi connectivity index (χ0n) is 17.6. The van der Waals surface area contributed by atoms with E-state index in [1.807, 2.05) is 13.0 Å². The molecule has 0 spiro atoms. The first-order valence-corrected chi connectivity index (χ1v) is 10.0. The normalized spacial score (nSPS) is 13.2. The molecule has 166 valence electrons. The second kappa shape index (κ2) is 8.91. The number of carbonyl (C=O) groups is 4. The average Bonchev–Trinajstić information content (AvgIpc) is 3.34. The van der Waals surface area contributed by atoms with Gasteiger partial charge in [0.05, 0.1) is 12.0 Å². The molecule has 2 N–H and O–H groups in total. The maximum Gasteiger partial charge on any atom is 0.351 e. The maximum atomic E-state index is 12.6. The first kappa shape index (κ1) is 21.7. The summed E-state index contributed by atoms with van der Waals surface area (Å²) < 4.78 is 5.72. The molecule has 3 aromatic rings. The van der Waals surface area contributed by atoms with E-state index >= 15 is 0 Å². The number of hydrogen-bond acceptors (Lipinski definition) is 5. The van der Waals surface area contributed by atoms with Crippen molar-refractivity contribution in [2.75, 3.05) is 11.9 Å². The van der Waals surface area contributed by atoms with Crippen molar-refractivity contribution in [1.29, 1.82) is 0 Å². The minimum Gasteiger partial charge on any atom is -0.478 e. The molecule has 2 aromatic carbocycles. The summed E-state index contributed by atoms with van der Waals surface area (Å²) >= 11 is 0. The third-order valence-electron chi connectivity index (χ3n) is 4.95. The number of nitrogens with one attached hydrogen (secondary N) is 1. The number of urea groups is 1. The van der Waals surface area contributed by atoms with Crippen molar-refractivity contribution in [2.45, 2.75) is 13.3 Å². The quantitative estimate of drug-likeness (QED) is 0.572. The maximum absolute atomic E-state index is 12.6. The van der Waals surface area contributed by atoms with Gasteiger partial charge in [0.15, 0.2) is 0 Å². The second-order valence-corrected chi connectivity index (χ2v) is 7.48. The topological polar surface area (TPSA) is 129 Å². The number of furan rings is 1. The van der Waals surface area contributed by atoms with Gasteiger partial charge in [-0.25, -0.2) is 14.5 Å². The lowest BCUT2D eigenvalue weighted by Gasteiger charge is -2.13. The van der Waals surface area contributed by atoms with Crippen LogP contribution in [-0.2, 0) is 16.0 Å². The Hall–Kier alpha value is -4.53. The summed E-state index contributed by atoms with van der Waals surface area (Å²) in [6, 6.07) is 15.8. The third kappa shape index (κ3) is 4.87. The molecule has 0 fully saturated rings. The number of aromatic carboxylic acids is 1. The van der Waals surface area contributed by atoms with E-state index < -0.39 is 30.4 Å². The molecule has 2 heterocycles. The van der Waals surface area contributed by atoms with Gasteiger partial charge in [-0.05, 0) is 48.9 Å². The van der Waals surface area contributed by atoms with Gasteiger partial charge in [-0.2, -0.15) is 4.99 Å². The van der Waals surface area contributed by atoms with Gasteiger partial charge in [-0.3, -0.25) is 9.59 Å².